The molecule has 1 saturated carbocycles. The number of aliphatic hydroxyl groups excluding tert-OH is 1. The fraction of sp³-hybridized carbons (Fsp3) is 0.348. The molecule has 0 aliphatic heterocycles. The number of ether oxygens (including phenoxy) is 1. The molecule has 1 aliphatic rings. The highest BCUT2D eigenvalue weighted by Gasteiger charge is 2.38. The van der Waals surface area contributed by atoms with Crippen LogP contribution in [0.15, 0.2) is 36.4 Å². The number of benzene rings is 2. The molecule has 3 aromatic rings. The second-order valence-electron chi connectivity index (χ2n) is 7.72. The number of aromatic nitrogens is 1. The molecular formula is C23H23F3N2O3. The third kappa shape index (κ3) is 4.45. The van der Waals surface area contributed by atoms with Gasteiger partial charge in [0.25, 0.3) is 0 Å². The van der Waals surface area contributed by atoms with Gasteiger partial charge in [-0.15, -0.1) is 0 Å². The van der Waals surface area contributed by atoms with Gasteiger partial charge < -0.3 is 20.1 Å². The molecule has 1 aliphatic carbocycles. The van der Waals surface area contributed by atoms with Crippen LogP contribution < -0.4 is 5.32 Å². The van der Waals surface area contributed by atoms with Crippen LogP contribution in [-0.2, 0) is 9.53 Å². The molecule has 1 aromatic heterocycles. The Kier molecular flexibility index (Phi) is 6.29. The van der Waals surface area contributed by atoms with Crippen molar-refractivity contribution in [1.82, 2.24) is 10.3 Å². The summed E-state index contributed by atoms with van der Waals surface area (Å²) < 4.78 is 46.9. The standard InChI is InChI=1S/C23H23F3N2O3/c24-16-3-1-13(2-4-16)21-20(18-11-17(25)12-19(26)22(18)28-21)14-9-15(10-14)23(30)27-5-7-31-8-6-29/h1-4,11-12,14-15,28-29H,5-10H2,(H,27,30)/t14-,15-. The highest BCUT2D eigenvalue weighted by atomic mass is 19.1. The van der Waals surface area contributed by atoms with Crippen molar-refractivity contribution in [2.45, 2.75) is 18.8 Å². The van der Waals surface area contributed by atoms with Gasteiger partial charge in [-0.1, -0.05) is 0 Å². The number of nitrogens with one attached hydrogen (secondary N) is 2. The number of carbonyl (C=O) groups is 1. The van der Waals surface area contributed by atoms with Crippen LogP contribution in [0.4, 0.5) is 13.2 Å². The van der Waals surface area contributed by atoms with E-state index in [1.807, 2.05) is 0 Å². The van der Waals surface area contributed by atoms with Crippen molar-refractivity contribution in [3.8, 4) is 11.3 Å². The van der Waals surface area contributed by atoms with Gasteiger partial charge in [0.2, 0.25) is 5.91 Å². The molecule has 0 radical (unpaired) electrons. The maximum Gasteiger partial charge on any atom is 0.223 e. The fourth-order valence-electron chi connectivity index (χ4n) is 4.13. The van der Waals surface area contributed by atoms with Gasteiger partial charge in [-0.3, -0.25) is 4.79 Å². The second-order valence-corrected chi connectivity index (χ2v) is 7.72. The molecule has 4 rings (SSSR count). The van der Waals surface area contributed by atoms with Crippen LogP contribution in [0.2, 0.25) is 0 Å². The molecule has 0 saturated heterocycles. The number of hydrogen-bond acceptors (Lipinski definition) is 3. The summed E-state index contributed by atoms with van der Waals surface area (Å²) in [5.74, 6) is -2.11. The Balaban J connectivity index is 1.55. The van der Waals surface area contributed by atoms with Crippen LogP contribution in [0.1, 0.15) is 24.3 Å². The van der Waals surface area contributed by atoms with E-state index < -0.39 is 11.6 Å². The van der Waals surface area contributed by atoms with Gasteiger partial charge in [0.15, 0.2) is 0 Å². The van der Waals surface area contributed by atoms with Gasteiger partial charge in [-0.25, -0.2) is 13.2 Å². The molecule has 1 heterocycles. The summed E-state index contributed by atoms with van der Waals surface area (Å²) in [4.78, 5) is 15.4. The Hall–Kier alpha value is -2.84. The third-order valence-electron chi connectivity index (χ3n) is 5.70. The number of rotatable bonds is 8. The van der Waals surface area contributed by atoms with Gasteiger partial charge >= 0.3 is 0 Å². The van der Waals surface area contributed by atoms with E-state index in [9.17, 15) is 18.0 Å². The number of fused-ring (bicyclic) bond motifs is 1. The lowest BCUT2D eigenvalue weighted by atomic mass is 9.70. The second kappa shape index (κ2) is 9.11. The summed E-state index contributed by atoms with van der Waals surface area (Å²) in [5, 5.41) is 11.9. The lowest BCUT2D eigenvalue weighted by Gasteiger charge is -2.35. The predicted octanol–water partition coefficient (Wildman–Crippen LogP) is 3.87. The quantitative estimate of drug-likeness (QED) is 0.473. The number of halogens is 3. The average molecular weight is 432 g/mol. The van der Waals surface area contributed by atoms with Gasteiger partial charge in [0.1, 0.15) is 17.5 Å². The summed E-state index contributed by atoms with van der Waals surface area (Å²) in [6.07, 6.45) is 1.09. The molecule has 0 atom stereocenters. The van der Waals surface area contributed by atoms with Crippen LogP contribution in [-0.4, -0.2) is 42.4 Å². The molecule has 3 N–H and O–H groups in total. The largest absolute Gasteiger partial charge is 0.394 e. The Labute approximate surface area is 177 Å². The van der Waals surface area contributed by atoms with E-state index in [0.717, 1.165) is 11.6 Å². The highest BCUT2D eigenvalue weighted by Crippen LogP contribution is 2.48. The zero-order valence-corrected chi connectivity index (χ0v) is 16.8. The van der Waals surface area contributed by atoms with E-state index in [1.54, 1.807) is 12.1 Å². The monoisotopic (exact) mass is 432 g/mol. The number of carbonyl (C=O) groups excluding carboxylic acids is 1. The first-order valence-corrected chi connectivity index (χ1v) is 10.2. The SMILES string of the molecule is O=C(NCCOCCO)[C@H]1C[C@H](c2c(-c3ccc(F)cc3)[nH]c3c(F)cc(F)cc32)C1. The van der Waals surface area contributed by atoms with Crippen LogP contribution in [0.25, 0.3) is 22.2 Å². The number of amides is 1. The van der Waals surface area contributed by atoms with E-state index in [1.165, 1.54) is 18.2 Å². The van der Waals surface area contributed by atoms with Crippen molar-refractivity contribution in [2.24, 2.45) is 5.92 Å². The summed E-state index contributed by atoms with van der Waals surface area (Å²) in [7, 11) is 0. The van der Waals surface area contributed by atoms with E-state index in [0.29, 0.717) is 42.6 Å². The Morgan fingerprint density at radius 2 is 1.84 bits per heavy atom. The van der Waals surface area contributed by atoms with E-state index >= 15 is 0 Å². The van der Waals surface area contributed by atoms with Crippen LogP contribution in [0.3, 0.4) is 0 Å². The zero-order chi connectivity index (χ0) is 22.0. The fourth-order valence-corrected chi connectivity index (χ4v) is 4.13. The summed E-state index contributed by atoms with van der Waals surface area (Å²) in [6.45, 7) is 0.824. The smallest absolute Gasteiger partial charge is 0.223 e. The Bertz CT molecular complexity index is 1080. The minimum Gasteiger partial charge on any atom is -0.394 e. The van der Waals surface area contributed by atoms with Crippen molar-refractivity contribution in [3.05, 3.63) is 59.4 Å². The molecule has 0 spiro atoms. The molecule has 1 fully saturated rings. The molecule has 164 valence electrons. The van der Waals surface area contributed by atoms with Gasteiger partial charge in [0, 0.05) is 23.9 Å². The maximum atomic E-state index is 14.4. The number of H-pyrrole nitrogens is 1. The van der Waals surface area contributed by atoms with Crippen molar-refractivity contribution in [2.75, 3.05) is 26.4 Å². The first kappa shape index (κ1) is 21.4. The normalized spacial score (nSPS) is 18.2. The first-order valence-electron chi connectivity index (χ1n) is 10.2. The van der Waals surface area contributed by atoms with Gasteiger partial charge in [0.05, 0.1) is 31.0 Å². The molecular weight excluding hydrogens is 409 g/mol. The van der Waals surface area contributed by atoms with Crippen molar-refractivity contribution < 1.29 is 27.8 Å². The first-order chi connectivity index (χ1) is 15.0. The van der Waals surface area contributed by atoms with Crippen molar-refractivity contribution >= 4 is 16.8 Å². The number of aromatic amines is 1. The lowest BCUT2D eigenvalue weighted by molar-refractivity contribution is -0.128. The molecule has 8 heteroatoms. The lowest BCUT2D eigenvalue weighted by Crippen LogP contribution is -2.39. The average Bonchev–Trinajstić information content (AvgIpc) is 3.07. The minimum absolute atomic E-state index is 0.0589. The van der Waals surface area contributed by atoms with Crippen LogP contribution in [0, 0.1) is 23.4 Å². The molecule has 0 unspecified atom stereocenters. The van der Waals surface area contributed by atoms with E-state index in [2.05, 4.69) is 10.3 Å². The number of aliphatic hydroxyl groups is 1. The Morgan fingerprint density at radius 3 is 2.55 bits per heavy atom. The van der Waals surface area contributed by atoms with Gasteiger partial charge in [-0.2, -0.15) is 0 Å². The van der Waals surface area contributed by atoms with Crippen LogP contribution >= 0.6 is 0 Å². The topological polar surface area (TPSA) is 74.3 Å². The molecule has 0 bridgehead atoms. The number of hydrogen-bond donors (Lipinski definition) is 3. The molecule has 1 amide bonds. The van der Waals surface area contributed by atoms with Gasteiger partial charge in [-0.05, 0) is 60.2 Å². The van der Waals surface area contributed by atoms with Crippen molar-refractivity contribution in [1.29, 1.82) is 0 Å². The third-order valence-corrected chi connectivity index (χ3v) is 5.70. The minimum atomic E-state index is -0.693. The molecule has 2 aromatic carbocycles. The molecule has 31 heavy (non-hydrogen) atoms. The zero-order valence-electron chi connectivity index (χ0n) is 16.8. The Morgan fingerprint density at radius 1 is 1.10 bits per heavy atom. The summed E-state index contributed by atoms with van der Waals surface area (Å²) in [6, 6.07) is 7.94. The summed E-state index contributed by atoms with van der Waals surface area (Å²) >= 11 is 0. The molecule has 5 nitrogen and oxygen atoms in total. The van der Waals surface area contributed by atoms with E-state index in [-0.39, 0.29) is 42.3 Å². The van der Waals surface area contributed by atoms with E-state index in [4.69, 9.17) is 9.84 Å². The highest BCUT2D eigenvalue weighted by molar-refractivity contribution is 5.92. The van der Waals surface area contributed by atoms with Crippen molar-refractivity contribution in [3.63, 3.8) is 0 Å². The summed E-state index contributed by atoms with van der Waals surface area (Å²) in [5.41, 5.74) is 2.22. The van der Waals surface area contributed by atoms with Crippen LogP contribution in [0.5, 0.6) is 0 Å². The maximum absolute atomic E-state index is 14.4. The predicted molar refractivity (Wildman–Crippen MR) is 110 cm³/mol.